The number of carbonyl (C=O) groups excluding carboxylic acids is 1. The van der Waals surface area contributed by atoms with Crippen molar-refractivity contribution in [3.63, 3.8) is 0 Å². The molecule has 2 rings (SSSR count). The second-order valence-electron chi connectivity index (χ2n) is 4.89. The predicted octanol–water partition coefficient (Wildman–Crippen LogP) is 1.14. The number of thioether (sulfide) groups is 1. The molecule has 0 bridgehead atoms. The van der Waals surface area contributed by atoms with E-state index in [4.69, 9.17) is 10.5 Å². The molecule has 0 aliphatic carbocycles. The highest BCUT2D eigenvalue weighted by atomic mass is 32.2. The summed E-state index contributed by atoms with van der Waals surface area (Å²) in [6, 6.07) is 3.33. The number of likely N-dealkylation sites (tertiary alicyclic amines) is 1. The first kappa shape index (κ1) is 15.1. The first-order chi connectivity index (χ1) is 9.70. The fourth-order valence-corrected chi connectivity index (χ4v) is 2.73. The number of carbonyl (C=O) groups is 1. The topological polar surface area (TPSA) is 68.5 Å². The van der Waals surface area contributed by atoms with Gasteiger partial charge in [0.15, 0.2) is 0 Å². The zero-order chi connectivity index (χ0) is 14.4. The highest BCUT2D eigenvalue weighted by molar-refractivity contribution is 7.98. The average Bonchev–Trinajstić information content (AvgIpc) is 2.93. The Kier molecular flexibility index (Phi) is 5.67. The summed E-state index contributed by atoms with van der Waals surface area (Å²) in [4.78, 5) is 18.0. The van der Waals surface area contributed by atoms with E-state index in [9.17, 15) is 4.79 Å². The van der Waals surface area contributed by atoms with Gasteiger partial charge in [0.25, 0.3) is 0 Å². The molecular formula is C14H21N3O2S. The molecular weight excluding hydrogens is 274 g/mol. The van der Waals surface area contributed by atoms with Gasteiger partial charge >= 0.3 is 0 Å². The van der Waals surface area contributed by atoms with Crippen molar-refractivity contribution in [2.24, 2.45) is 5.73 Å². The summed E-state index contributed by atoms with van der Waals surface area (Å²) in [5, 5.41) is 0. The molecule has 1 aromatic heterocycles. The van der Waals surface area contributed by atoms with Crippen molar-refractivity contribution in [2.45, 2.75) is 25.0 Å². The minimum Gasteiger partial charge on any atom is -0.487 e. The Morgan fingerprint density at radius 3 is 3.25 bits per heavy atom. The fraction of sp³-hybridized carbons (Fsp3) is 0.571. The van der Waals surface area contributed by atoms with Crippen molar-refractivity contribution >= 4 is 17.7 Å². The molecule has 0 radical (unpaired) electrons. The van der Waals surface area contributed by atoms with Crippen LogP contribution in [0.1, 0.15) is 12.8 Å². The Morgan fingerprint density at radius 1 is 1.70 bits per heavy atom. The maximum absolute atomic E-state index is 12.2. The molecule has 1 saturated heterocycles. The lowest BCUT2D eigenvalue weighted by atomic mass is 10.2. The molecule has 110 valence electrons. The number of ether oxygens (including phenoxy) is 1. The SMILES string of the molecule is CSCC[C@H](N)C(=O)N1CC[C@@H](Oc2cccnc2)C1. The van der Waals surface area contributed by atoms with Crippen molar-refractivity contribution in [1.29, 1.82) is 0 Å². The fourth-order valence-electron chi connectivity index (χ4n) is 2.24. The summed E-state index contributed by atoms with van der Waals surface area (Å²) in [5.74, 6) is 1.70. The largest absolute Gasteiger partial charge is 0.487 e. The molecule has 1 aromatic rings. The van der Waals surface area contributed by atoms with E-state index < -0.39 is 0 Å². The van der Waals surface area contributed by atoms with Crippen LogP contribution in [0.4, 0.5) is 0 Å². The van der Waals surface area contributed by atoms with Crippen LogP contribution in [0.5, 0.6) is 5.75 Å². The van der Waals surface area contributed by atoms with Gasteiger partial charge in [0.2, 0.25) is 5.91 Å². The second kappa shape index (κ2) is 7.50. The van der Waals surface area contributed by atoms with E-state index in [2.05, 4.69) is 4.98 Å². The summed E-state index contributed by atoms with van der Waals surface area (Å²) in [5.41, 5.74) is 5.93. The molecule has 2 heterocycles. The molecule has 20 heavy (non-hydrogen) atoms. The Morgan fingerprint density at radius 2 is 2.55 bits per heavy atom. The van der Waals surface area contributed by atoms with E-state index in [0.29, 0.717) is 6.54 Å². The minimum absolute atomic E-state index is 0.0379. The standard InChI is InChI=1S/C14H21N3O2S/c1-20-8-5-13(15)14(18)17-7-4-12(10-17)19-11-3-2-6-16-9-11/h2-3,6,9,12-13H,4-5,7-8,10,15H2,1H3/t12-,13+/m1/s1. The van der Waals surface area contributed by atoms with E-state index in [-0.39, 0.29) is 18.1 Å². The average molecular weight is 295 g/mol. The molecule has 5 nitrogen and oxygen atoms in total. The van der Waals surface area contributed by atoms with Gasteiger partial charge in [-0.15, -0.1) is 0 Å². The molecule has 1 aliphatic heterocycles. The van der Waals surface area contributed by atoms with Gasteiger partial charge in [0.1, 0.15) is 11.9 Å². The summed E-state index contributed by atoms with van der Waals surface area (Å²) < 4.78 is 5.82. The Labute approximate surface area is 123 Å². The van der Waals surface area contributed by atoms with Crippen LogP contribution in [-0.2, 0) is 4.79 Å². The summed E-state index contributed by atoms with van der Waals surface area (Å²) in [6.45, 7) is 1.33. The van der Waals surface area contributed by atoms with E-state index in [1.807, 2.05) is 23.3 Å². The highest BCUT2D eigenvalue weighted by Gasteiger charge is 2.30. The van der Waals surface area contributed by atoms with Gasteiger partial charge < -0.3 is 15.4 Å². The molecule has 1 amide bonds. The van der Waals surface area contributed by atoms with Crippen LogP contribution in [0.25, 0.3) is 0 Å². The van der Waals surface area contributed by atoms with E-state index >= 15 is 0 Å². The maximum atomic E-state index is 12.2. The molecule has 2 atom stereocenters. The van der Waals surface area contributed by atoms with Crippen molar-refractivity contribution < 1.29 is 9.53 Å². The number of hydrogen-bond donors (Lipinski definition) is 1. The predicted molar refractivity (Wildman–Crippen MR) is 80.8 cm³/mol. The molecule has 0 unspecified atom stereocenters. The van der Waals surface area contributed by atoms with Crippen molar-refractivity contribution in [1.82, 2.24) is 9.88 Å². The van der Waals surface area contributed by atoms with E-state index in [1.54, 1.807) is 24.2 Å². The first-order valence-corrected chi connectivity index (χ1v) is 8.20. The van der Waals surface area contributed by atoms with E-state index in [1.165, 1.54) is 0 Å². The summed E-state index contributed by atoms with van der Waals surface area (Å²) >= 11 is 1.71. The summed E-state index contributed by atoms with van der Waals surface area (Å²) in [6.07, 6.45) is 7.03. The molecule has 2 N–H and O–H groups in total. The molecule has 1 fully saturated rings. The lowest BCUT2D eigenvalue weighted by molar-refractivity contribution is -0.131. The molecule has 6 heteroatoms. The number of amides is 1. The third kappa shape index (κ3) is 4.11. The summed E-state index contributed by atoms with van der Waals surface area (Å²) in [7, 11) is 0. The number of aromatic nitrogens is 1. The van der Waals surface area contributed by atoms with Gasteiger partial charge in [-0.05, 0) is 30.6 Å². The molecule has 0 aromatic carbocycles. The van der Waals surface area contributed by atoms with E-state index in [0.717, 1.165) is 30.9 Å². The highest BCUT2D eigenvalue weighted by Crippen LogP contribution is 2.18. The van der Waals surface area contributed by atoms with Gasteiger partial charge in [-0.3, -0.25) is 9.78 Å². The number of pyridine rings is 1. The number of rotatable bonds is 6. The minimum atomic E-state index is -0.389. The third-order valence-electron chi connectivity index (χ3n) is 3.34. The lowest BCUT2D eigenvalue weighted by Crippen LogP contribution is -2.43. The van der Waals surface area contributed by atoms with Crippen LogP contribution in [-0.4, -0.2) is 53.0 Å². The van der Waals surface area contributed by atoms with Gasteiger partial charge in [-0.25, -0.2) is 0 Å². The smallest absolute Gasteiger partial charge is 0.239 e. The zero-order valence-corrected chi connectivity index (χ0v) is 12.5. The maximum Gasteiger partial charge on any atom is 0.239 e. The molecule has 0 spiro atoms. The van der Waals surface area contributed by atoms with Gasteiger partial charge in [0, 0.05) is 19.2 Å². The van der Waals surface area contributed by atoms with Crippen LogP contribution in [0.3, 0.4) is 0 Å². The quantitative estimate of drug-likeness (QED) is 0.852. The van der Waals surface area contributed by atoms with Gasteiger partial charge in [-0.1, -0.05) is 0 Å². The number of nitrogens with two attached hydrogens (primary N) is 1. The van der Waals surface area contributed by atoms with Crippen LogP contribution in [0, 0.1) is 0 Å². The van der Waals surface area contributed by atoms with Crippen LogP contribution in [0.15, 0.2) is 24.5 Å². The Bertz CT molecular complexity index is 430. The first-order valence-electron chi connectivity index (χ1n) is 6.80. The number of nitrogens with zero attached hydrogens (tertiary/aromatic N) is 2. The Hall–Kier alpha value is -1.27. The van der Waals surface area contributed by atoms with Gasteiger partial charge in [-0.2, -0.15) is 11.8 Å². The van der Waals surface area contributed by atoms with Crippen LogP contribution < -0.4 is 10.5 Å². The third-order valence-corrected chi connectivity index (χ3v) is 3.99. The zero-order valence-electron chi connectivity index (χ0n) is 11.7. The Balaban J connectivity index is 1.81. The lowest BCUT2D eigenvalue weighted by Gasteiger charge is -2.20. The molecule has 1 aliphatic rings. The molecule has 0 saturated carbocycles. The van der Waals surface area contributed by atoms with Crippen molar-refractivity contribution in [2.75, 3.05) is 25.1 Å². The monoisotopic (exact) mass is 295 g/mol. The van der Waals surface area contributed by atoms with Crippen LogP contribution in [0.2, 0.25) is 0 Å². The van der Waals surface area contributed by atoms with Crippen molar-refractivity contribution in [3.8, 4) is 5.75 Å². The normalized spacial score (nSPS) is 19.9. The van der Waals surface area contributed by atoms with Gasteiger partial charge in [0.05, 0.1) is 18.8 Å². The number of hydrogen-bond acceptors (Lipinski definition) is 5. The van der Waals surface area contributed by atoms with Crippen LogP contribution >= 0.6 is 11.8 Å². The van der Waals surface area contributed by atoms with Crippen molar-refractivity contribution in [3.05, 3.63) is 24.5 Å². The second-order valence-corrected chi connectivity index (χ2v) is 5.88.